The molecule has 0 aromatic heterocycles. The Morgan fingerprint density at radius 2 is 1.67 bits per heavy atom. The van der Waals surface area contributed by atoms with E-state index in [1.807, 2.05) is 0 Å². The van der Waals surface area contributed by atoms with Gasteiger partial charge in [-0.3, -0.25) is 0 Å². The van der Waals surface area contributed by atoms with Crippen molar-refractivity contribution in [1.29, 1.82) is 0 Å². The lowest BCUT2D eigenvalue weighted by Crippen LogP contribution is -2.57. The average molecular weight is 212 g/mol. The van der Waals surface area contributed by atoms with Gasteiger partial charge in [-0.15, -0.1) is 0 Å². The van der Waals surface area contributed by atoms with Gasteiger partial charge in [-0.1, -0.05) is 33.6 Å². The van der Waals surface area contributed by atoms with Crippen LogP contribution in [0.2, 0.25) is 0 Å². The van der Waals surface area contributed by atoms with Gasteiger partial charge >= 0.3 is 0 Å². The van der Waals surface area contributed by atoms with Crippen LogP contribution in [-0.2, 0) is 0 Å². The van der Waals surface area contributed by atoms with Crippen LogP contribution in [0, 0.1) is 5.41 Å². The zero-order chi connectivity index (χ0) is 11.1. The fourth-order valence-electron chi connectivity index (χ4n) is 2.98. The lowest BCUT2D eigenvalue weighted by Gasteiger charge is -2.51. The van der Waals surface area contributed by atoms with Crippen LogP contribution in [0.15, 0.2) is 0 Å². The van der Waals surface area contributed by atoms with E-state index in [0.717, 1.165) is 13.1 Å². The molecule has 0 atom stereocenters. The Labute approximate surface area is 95.4 Å². The number of rotatable bonds is 8. The quantitative estimate of drug-likeness (QED) is 0.622. The highest BCUT2D eigenvalue weighted by Crippen LogP contribution is 2.39. The minimum atomic E-state index is 0.690. The predicted octanol–water partition coefficient (Wildman–Crippen LogP) is 2.50. The van der Waals surface area contributed by atoms with E-state index in [2.05, 4.69) is 31.0 Å². The first-order valence-corrected chi connectivity index (χ1v) is 6.69. The first-order valence-electron chi connectivity index (χ1n) is 6.69. The van der Waals surface area contributed by atoms with Crippen LogP contribution in [0.25, 0.3) is 0 Å². The van der Waals surface area contributed by atoms with Crippen LogP contribution in [0.5, 0.6) is 0 Å². The Morgan fingerprint density at radius 1 is 1.07 bits per heavy atom. The first kappa shape index (κ1) is 13.0. The molecular weight excluding hydrogens is 184 g/mol. The molecule has 0 amide bonds. The van der Waals surface area contributed by atoms with Gasteiger partial charge in [-0.2, -0.15) is 0 Å². The van der Waals surface area contributed by atoms with Crippen molar-refractivity contribution in [2.75, 3.05) is 32.7 Å². The van der Waals surface area contributed by atoms with Crippen LogP contribution >= 0.6 is 0 Å². The van der Waals surface area contributed by atoms with E-state index >= 15 is 0 Å². The third kappa shape index (κ3) is 3.76. The zero-order valence-corrected chi connectivity index (χ0v) is 10.8. The Morgan fingerprint density at radius 3 is 2.13 bits per heavy atom. The molecule has 0 aromatic carbocycles. The molecule has 2 nitrogen and oxygen atoms in total. The van der Waals surface area contributed by atoms with Gasteiger partial charge in [-0.25, -0.2) is 0 Å². The average Bonchev–Trinajstić information content (AvgIpc) is 2.16. The standard InChI is InChI=1S/C13H28N2/c1-4-7-13(8-5-2)11-15(12-13)10-9-14-6-3/h14H,4-12H2,1-3H3. The van der Waals surface area contributed by atoms with E-state index in [1.54, 1.807) is 0 Å². The summed E-state index contributed by atoms with van der Waals surface area (Å²) >= 11 is 0. The fraction of sp³-hybridized carbons (Fsp3) is 1.00. The number of likely N-dealkylation sites (tertiary alicyclic amines) is 1. The van der Waals surface area contributed by atoms with Gasteiger partial charge in [-0.05, 0) is 24.8 Å². The third-order valence-electron chi connectivity index (χ3n) is 3.53. The molecule has 1 aliphatic heterocycles. The van der Waals surface area contributed by atoms with Crippen molar-refractivity contribution in [1.82, 2.24) is 10.2 Å². The second kappa shape index (κ2) is 6.49. The molecule has 1 heterocycles. The normalized spacial score (nSPS) is 20.2. The molecule has 0 saturated carbocycles. The van der Waals surface area contributed by atoms with E-state index in [0.29, 0.717) is 5.41 Å². The van der Waals surface area contributed by atoms with Gasteiger partial charge in [0, 0.05) is 26.2 Å². The molecule has 2 heteroatoms. The van der Waals surface area contributed by atoms with Crippen molar-refractivity contribution >= 4 is 0 Å². The van der Waals surface area contributed by atoms with Gasteiger partial charge in [0.2, 0.25) is 0 Å². The molecule has 1 fully saturated rings. The molecule has 0 aliphatic carbocycles. The topological polar surface area (TPSA) is 15.3 Å². The third-order valence-corrected chi connectivity index (χ3v) is 3.53. The van der Waals surface area contributed by atoms with E-state index in [1.165, 1.54) is 45.3 Å². The van der Waals surface area contributed by atoms with Crippen LogP contribution in [0.4, 0.5) is 0 Å². The van der Waals surface area contributed by atoms with E-state index in [4.69, 9.17) is 0 Å². The van der Waals surface area contributed by atoms with Crippen molar-refractivity contribution in [3.8, 4) is 0 Å². The highest BCUT2D eigenvalue weighted by atomic mass is 15.2. The molecule has 0 radical (unpaired) electrons. The Hall–Kier alpha value is -0.0800. The zero-order valence-electron chi connectivity index (χ0n) is 10.8. The summed E-state index contributed by atoms with van der Waals surface area (Å²) in [6.45, 7) is 13.0. The van der Waals surface area contributed by atoms with Gasteiger partial charge in [0.15, 0.2) is 0 Å². The molecular formula is C13H28N2. The Kier molecular flexibility index (Phi) is 5.62. The smallest absolute Gasteiger partial charge is 0.0107 e. The lowest BCUT2D eigenvalue weighted by atomic mass is 9.73. The summed E-state index contributed by atoms with van der Waals surface area (Å²) in [5.41, 5.74) is 0.690. The van der Waals surface area contributed by atoms with E-state index in [9.17, 15) is 0 Å². The molecule has 15 heavy (non-hydrogen) atoms. The first-order chi connectivity index (χ1) is 7.26. The van der Waals surface area contributed by atoms with Crippen molar-refractivity contribution in [2.45, 2.75) is 46.5 Å². The SMILES string of the molecule is CCCC1(CCC)CN(CCNCC)C1. The number of hydrogen-bond acceptors (Lipinski definition) is 2. The molecule has 0 aromatic rings. The van der Waals surface area contributed by atoms with Crippen LogP contribution < -0.4 is 5.32 Å². The van der Waals surface area contributed by atoms with Crippen LogP contribution in [-0.4, -0.2) is 37.6 Å². The highest BCUT2D eigenvalue weighted by Gasteiger charge is 2.40. The number of hydrogen-bond donors (Lipinski definition) is 1. The maximum atomic E-state index is 3.40. The summed E-state index contributed by atoms with van der Waals surface area (Å²) in [6, 6.07) is 0. The Balaban J connectivity index is 2.18. The highest BCUT2D eigenvalue weighted by molar-refractivity contribution is 4.94. The van der Waals surface area contributed by atoms with E-state index in [-0.39, 0.29) is 0 Å². The maximum absolute atomic E-state index is 3.40. The summed E-state index contributed by atoms with van der Waals surface area (Å²) in [4.78, 5) is 2.61. The van der Waals surface area contributed by atoms with E-state index < -0.39 is 0 Å². The van der Waals surface area contributed by atoms with Gasteiger partial charge in [0.1, 0.15) is 0 Å². The van der Waals surface area contributed by atoms with Crippen LogP contribution in [0.3, 0.4) is 0 Å². The molecule has 1 rings (SSSR count). The monoisotopic (exact) mass is 212 g/mol. The summed E-state index contributed by atoms with van der Waals surface area (Å²) < 4.78 is 0. The van der Waals surface area contributed by atoms with Crippen molar-refractivity contribution in [3.05, 3.63) is 0 Å². The summed E-state index contributed by atoms with van der Waals surface area (Å²) in [5, 5.41) is 3.40. The molecule has 1 saturated heterocycles. The summed E-state index contributed by atoms with van der Waals surface area (Å²) in [5.74, 6) is 0. The maximum Gasteiger partial charge on any atom is 0.0107 e. The second-order valence-electron chi connectivity index (χ2n) is 5.06. The van der Waals surface area contributed by atoms with Gasteiger partial charge in [0.25, 0.3) is 0 Å². The summed E-state index contributed by atoms with van der Waals surface area (Å²) in [7, 11) is 0. The predicted molar refractivity (Wildman–Crippen MR) is 67.2 cm³/mol. The molecule has 1 aliphatic rings. The van der Waals surface area contributed by atoms with Crippen molar-refractivity contribution in [3.63, 3.8) is 0 Å². The molecule has 0 bridgehead atoms. The van der Waals surface area contributed by atoms with Crippen LogP contribution in [0.1, 0.15) is 46.5 Å². The number of likely N-dealkylation sites (N-methyl/N-ethyl adjacent to an activating group) is 1. The number of nitrogens with zero attached hydrogens (tertiary/aromatic N) is 1. The second-order valence-corrected chi connectivity index (χ2v) is 5.06. The molecule has 0 spiro atoms. The minimum Gasteiger partial charge on any atom is -0.316 e. The lowest BCUT2D eigenvalue weighted by molar-refractivity contribution is -0.0131. The fourth-order valence-corrected chi connectivity index (χ4v) is 2.98. The minimum absolute atomic E-state index is 0.690. The Bertz CT molecular complexity index is 154. The molecule has 0 unspecified atom stereocenters. The van der Waals surface area contributed by atoms with Crippen molar-refractivity contribution < 1.29 is 0 Å². The van der Waals surface area contributed by atoms with Gasteiger partial charge < -0.3 is 10.2 Å². The molecule has 90 valence electrons. The van der Waals surface area contributed by atoms with Gasteiger partial charge in [0.05, 0.1) is 0 Å². The number of nitrogens with one attached hydrogen (secondary N) is 1. The summed E-state index contributed by atoms with van der Waals surface area (Å²) in [6.07, 6.45) is 5.55. The largest absolute Gasteiger partial charge is 0.316 e. The molecule has 1 N–H and O–H groups in total. The van der Waals surface area contributed by atoms with Crippen molar-refractivity contribution in [2.24, 2.45) is 5.41 Å².